The third kappa shape index (κ3) is 2.19. The SMILES string of the molecule is CCc1ccc(-c2sc(CC)cc2C)cc1. The Morgan fingerprint density at radius 2 is 1.69 bits per heavy atom. The van der Waals surface area contributed by atoms with Gasteiger partial charge in [-0.3, -0.25) is 0 Å². The molecule has 0 atom stereocenters. The van der Waals surface area contributed by atoms with E-state index in [1.165, 1.54) is 26.4 Å². The van der Waals surface area contributed by atoms with Crippen molar-refractivity contribution in [1.29, 1.82) is 0 Å². The molecule has 0 fully saturated rings. The lowest BCUT2D eigenvalue weighted by Crippen LogP contribution is -1.80. The summed E-state index contributed by atoms with van der Waals surface area (Å²) >= 11 is 1.93. The van der Waals surface area contributed by atoms with E-state index >= 15 is 0 Å². The van der Waals surface area contributed by atoms with Gasteiger partial charge in [0.25, 0.3) is 0 Å². The highest BCUT2D eigenvalue weighted by atomic mass is 32.1. The first-order valence-corrected chi connectivity index (χ1v) is 6.74. The molecule has 1 aromatic carbocycles. The van der Waals surface area contributed by atoms with Gasteiger partial charge in [0.2, 0.25) is 0 Å². The highest BCUT2D eigenvalue weighted by Gasteiger charge is 2.06. The van der Waals surface area contributed by atoms with Crippen molar-refractivity contribution in [3.63, 3.8) is 0 Å². The summed E-state index contributed by atoms with van der Waals surface area (Å²) in [4.78, 5) is 2.91. The molecule has 0 bridgehead atoms. The molecule has 1 heteroatoms. The summed E-state index contributed by atoms with van der Waals surface area (Å²) in [6.07, 6.45) is 2.25. The fourth-order valence-corrected chi connectivity index (χ4v) is 3.02. The summed E-state index contributed by atoms with van der Waals surface area (Å²) in [6.45, 7) is 6.62. The van der Waals surface area contributed by atoms with Crippen molar-refractivity contribution in [2.24, 2.45) is 0 Å². The average Bonchev–Trinajstić information content (AvgIpc) is 2.71. The van der Waals surface area contributed by atoms with Gasteiger partial charge in [-0.25, -0.2) is 0 Å². The summed E-state index contributed by atoms with van der Waals surface area (Å²) in [6, 6.07) is 11.3. The summed E-state index contributed by atoms with van der Waals surface area (Å²) in [5.74, 6) is 0. The van der Waals surface area contributed by atoms with E-state index in [2.05, 4.69) is 51.1 Å². The third-order valence-electron chi connectivity index (χ3n) is 2.94. The van der Waals surface area contributed by atoms with E-state index in [0.29, 0.717) is 0 Å². The highest BCUT2D eigenvalue weighted by Crippen LogP contribution is 2.32. The van der Waals surface area contributed by atoms with Gasteiger partial charge in [-0.15, -0.1) is 11.3 Å². The molecule has 2 aromatic rings. The van der Waals surface area contributed by atoms with Gasteiger partial charge in [0.1, 0.15) is 0 Å². The van der Waals surface area contributed by atoms with Crippen LogP contribution in [-0.4, -0.2) is 0 Å². The summed E-state index contributed by atoms with van der Waals surface area (Å²) < 4.78 is 0. The smallest absolute Gasteiger partial charge is 0.0374 e. The van der Waals surface area contributed by atoms with Crippen molar-refractivity contribution in [2.45, 2.75) is 33.6 Å². The monoisotopic (exact) mass is 230 g/mol. The van der Waals surface area contributed by atoms with Gasteiger partial charge in [0.15, 0.2) is 0 Å². The second kappa shape index (κ2) is 4.84. The van der Waals surface area contributed by atoms with Crippen molar-refractivity contribution in [2.75, 3.05) is 0 Å². The Kier molecular flexibility index (Phi) is 3.45. The van der Waals surface area contributed by atoms with E-state index < -0.39 is 0 Å². The quantitative estimate of drug-likeness (QED) is 0.707. The maximum atomic E-state index is 2.31. The van der Waals surface area contributed by atoms with Crippen LogP contribution in [0, 0.1) is 6.92 Å². The standard InChI is InChI=1S/C15H18S/c1-4-12-6-8-13(9-7-12)15-11(3)10-14(5-2)16-15/h6-10H,4-5H2,1-3H3. The van der Waals surface area contributed by atoms with Crippen LogP contribution in [0.5, 0.6) is 0 Å². The second-order valence-electron chi connectivity index (χ2n) is 4.13. The molecule has 0 unspecified atom stereocenters. The Morgan fingerprint density at radius 1 is 1.00 bits per heavy atom. The molecule has 2 rings (SSSR count). The topological polar surface area (TPSA) is 0 Å². The molecule has 0 nitrogen and oxygen atoms in total. The molecule has 0 amide bonds. The van der Waals surface area contributed by atoms with Gasteiger partial charge in [-0.1, -0.05) is 38.1 Å². The molecule has 0 spiro atoms. The molecule has 0 aliphatic rings. The first-order valence-electron chi connectivity index (χ1n) is 5.93. The number of benzene rings is 1. The minimum absolute atomic E-state index is 1.11. The van der Waals surface area contributed by atoms with E-state index in [1.54, 1.807) is 0 Å². The Morgan fingerprint density at radius 3 is 2.19 bits per heavy atom. The first kappa shape index (κ1) is 11.4. The van der Waals surface area contributed by atoms with Gasteiger partial charge in [-0.2, -0.15) is 0 Å². The van der Waals surface area contributed by atoms with Crippen molar-refractivity contribution < 1.29 is 0 Å². The fraction of sp³-hybridized carbons (Fsp3) is 0.333. The van der Waals surface area contributed by atoms with Crippen LogP contribution < -0.4 is 0 Å². The number of hydrogen-bond acceptors (Lipinski definition) is 1. The average molecular weight is 230 g/mol. The van der Waals surface area contributed by atoms with E-state index in [1.807, 2.05) is 11.3 Å². The van der Waals surface area contributed by atoms with E-state index in [-0.39, 0.29) is 0 Å². The third-order valence-corrected chi connectivity index (χ3v) is 4.37. The number of aryl methyl sites for hydroxylation is 3. The van der Waals surface area contributed by atoms with Crippen LogP contribution in [0.15, 0.2) is 30.3 Å². The largest absolute Gasteiger partial charge is 0.140 e. The van der Waals surface area contributed by atoms with Gasteiger partial charge >= 0.3 is 0 Å². The molecule has 0 aliphatic carbocycles. The zero-order valence-corrected chi connectivity index (χ0v) is 11.0. The summed E-state index contributed by atoms with van der Waals surface area (Å²) in [7, 11) is 0. The minimum Gasteiger partial charge on any atom is -0.140 e. The lowest BCUT2D eigenvalue weighted by molar-refractivity contribution is 1.14. The molecule has 0 saturated carbocycles. The first-order chi connectivity index (χ1) is 7.74. The van der Waals surface area contributed by atoms with E-state index in [4.69, 9.17) is 0 Å². The molecular weight excluding hydrogens is 212 g/mol. The van der Waals surface area contributed by atoms with E-state index in [0.717, 1.165) is 12.8 Å². The zero-order chi connectivity index (χ0) is 11.5. The van der Waals surface area contributed by atoms with Gasteiger partial charge in [0.05, 0.1) is 0 Å². The molecule has 0 aliphatic heterocycles. The summed E-state index contributed by atoms with van der Waals surface area (Å²) in [5.41, 5.74) is 4.18. The highest BCUT2D eigenvalue weighted by molar-refractivity contribution is 7.15. The normalized spacial score (nSPS) is 10.7. The van der Waals surface area contributed by atoms with E-state index in [9.17, 15) is 0 Å². The van der Waals surface area contributed by atoms with Crippen LogP contribution in [0.3, 0.4) is 0 Å². The van der Waals surface area contributed by atoms with Crippen LogP contribution in [0.1, 0.15) is 29.9 Å². The maximum absolute atomic E-state index is 2.31. The number of thiophene rings is 1. The molecule has 0 saturated heterocycles. The van der Waals surface area contributed by atoms with Gasteiger partial charge in [-0.05, 0) is 42.5 Å². The molecule has 0 N–H and O–H groups in total. The van der Waals surface area contributed by atoms with Gasteiger partial charge in [0, 0.05) is 9.75 Å². The fourth-order valence-electron chi connectivity index (χ4n) is 1.90. The van der Waals surface area contributed by atoms with Crippen molar-refractivity contribution in [1.82, 2.24) is 0 Å². The van der Waals surface area contributed by atoms with Crippen LogP contribution in [0.4, 0.5) is 0 Å². The number of hydrogen-bond donors (Lipinski definition) is 0. The molecule has 0 radical (unpaired) electrons. The van der Waals surface area contributed by atoms with Gasteiger partial charge < -0.3 is 0 Å². The molecular formula is C15H18S. The Hall–Kier alpha value is -1.08. The molecule has 84 valence electrons. The predicted molar refractivity (Wildman–Crippen MR) is 73.2 cm³/mol. The van der Waals surface area contributed by atoms with Crippen LogP contribution in [0.2, 0.25) is 0 Å². The summed E-state index contributed by atoms with van der Waals surface area (Å²) in [5, 5.41) is 0. The molecule has 1 heterocycles. The van der Waals surface area contributed by atoms with Crippen molar-refractivity contribution in [3.05, 3.63) is 46.3 Å². The Bertz CT molecular complexity index is 463. The van der Waals surface area contributed by atoms with Crippen LogP contribution in [0.25, 0.3) is 10.4 Å². The van der Waals surface area contributed by atoms with Crippen molar-refractivity contribution in [3.8, 4) is 10.4 Å². The van der Waals surface area contributed by atoms with Crippen molar-refractivity contribution >= 4 is 11.3 Å². The second-order valence-corrected chi connectivity index (χ2v) is 5.27. The molecule has 1 aromatic heterocycles. The Balaban J connectivity index is 2.38. The minimum atomic E-state index is 1.11. The van der Waals surface area contributed by atoms with Crippen LogP contribution >= 0.6 is 11.3 Å². The predicted octanol–water partition coefficient (Wildman–Crippen LogP) is 4.85. The Labute approximate surface area is 102 Å². The molecule has 16 heavy (non-hydrogen) atoms. The maximum Gasteiger partial charge on any atom is 0.0374 e. The number of rotatable bonds is 3. The zero-order valence-electron chi connectivity index (χ0n) is 10.2. The lowest BCUT2D eigenvalue weighted by atomic mass is 10.1. The van der Waals surface area contributed by atoms with Crippen LogP contribution in [-0.2, 0) is 12.8 Å². The lowest BCUT2D eigenvalue weighted by Gasteiger charge is -2.01.